The molecule has 0 radical (unpaired) electrons. The molecule has 0 atom stereocenters. The van der Waals surface area contributed by atoms with Crippen molar-refractivity contribution in [1.82, 2.24) is 4.98 Å². The lowest BCUT2D eigenvalue weighted by atomic mass is 10.1. The Morgan fingerprint density at radius 3 is 2.67 bits per heavy atom. The Morgan fingerprint density at radius 1 is 1.40 bits per heavy atom. The summed E-state index contributed by atoms with van der Waals surface area (Å²) in [6, 6.07) is 1.98. The van der Waals surface area contributed by atoms with Crippen molar-refractivity contribution in [3.8, 4) is 6.07 Å². The third-order valence-electron chi connectivity index (χ3n) is 2.50. The maximum Gasteiger partial charge on any atom is 0.220 e. The fourth-order valence-corrected chi connectivity index (χ4v) is 2.80. The summed E-state index contributed by atoms with van der Waals surface area (Å²) in [4.78, 5) is 4.11. The Labute approximate surface area is 87.8 Å². The Hall–Kier alpha value is -1.67. The molecule has 0 N–H and O–H groups in total. The summed E-state index contributed by atoms with van der Waals surface area (Å²) in [5.74, 6) is 0. The number of fused-ring (bicyclic) bond motifs is 1. The first kappa shape index (κ1) is 9.87. The zero-order valence-electron chi connectivity index (χ0n) is 8.27. The van der Waals surface area contributed by atoms with E-state index in [0.29, 0.717) is 16.7 Å². The SMILES string of the molecule is CC1=Cc2c(ncc(C#N)c2C)S1(=O)=O. The van der Waals surface area contributed by atoms with E-state index in [9.17, 15) is 8.42 Å². The highest BCUT2D eigenvalue weighted by molar-refractivity contribution is 7.95. The predicted octanol–water partition coefficient (Wildman–Crippen LogP) is 1.41. The lowest BCUT2D eigenvalue weighted by Gasteiger charge is -2.02. The highest BCUT2D eigenvalue weighted by Gasteiger charge is 2.29. The summed E-state index contributed by atoms with van der Waals surface area (Å²) in [7, 11) is -3.39. The summed E-state index contributed by atoms with van der Waals surface area (Å²) in [5.41, 5.74) is 1.63. The van der Waals surface area contributed by atoms with Gasteiger partial charge in [-0.25, -0.2) is 13.4 Å². The average Bonchev–Trinajstić information content (AvgIpc) is 2.41. The van der Waals surface area contributed by atoms with E-state index in [0.717, 1.165) is 0 Å². The third kappa shape index (κ3) is 1.18. The second-order valence-corrected chi connectivity index (χ2v) is 5.42. The minimum Gasteiger partial charge on any atom is -0.242 e. The molecule has 0 amide bonds. The molecule has 1 aliphatic heterocycles. The molecule has 0 saturated carbocycles. The van der Waals surface area contributed by atoms with Gasteiger partial charge < -0.3 is 0 Å². The largest absolute Gasteiger partial charge is 0.242 e. The summed E-state index contributed by atoms with van der Waals surface area (Å²) in [6.07, 6.45) is 2.87. The lowest BCUT2D eigenvalue weighted by Crippen LogP contribution is -2.02. The van der Waals surface area contributed by atoms with Crippen LogP contribution in [0.1, 0.15) is 23.6 Å². The van der Waals surface area contributed by atoms with Crippen molar-refractivity contribution in [2.75, 3.05) is 0 Å². The van der Waals surface area contributed by atoms with Crippen LogP contribution in [0.2, 0.25) is 0 Å². The fourth-order valence-electron chi connectivity index (χ4n) is 1.53. The van der Waals surface area contributed by atoms with Crippen molar-refractivity contribution in [1.29, 1.82) is 5.26 Å². The Morgan fingerprint density at radius 2 is 2.07 bits per heavy atom. The molecule has 0 spiro atoms. The number of allylic oxidation sites excluding steroid dienone is 1. The molecule has 2 heterocycles. The number of aromatic nitrogens is 1. The Bertz CT molecular complexity index is 622. The number of hydrogen-bond acceptors (Lipinski definition) is 4. The molecule has 2 rings (SSSR count). The van der Waals surface area contributed by atoms with Crippen LogP contribution in [-0.4, -0.2) is 13.4 Å². The molecule has 5 heteroatoms. The predicted molar refractivity (Wildman–Crippen MR) is 54.5 cm³/mol. The third-order valence-corrected chi connectivity index (χ3v) is 4.30. The normalized spacial score (nSPS) is 16.7. The topological polar surface area (TPSA) is 70.8 Å². The Kier molecular flexibility index (Phi) is 1.91. The molecule has 0 fully saturated rings. The minimum atomic E-state index is -3.39. The van der Waals surface area contributed by atoms with E-state index in [1.54, 1.807) is 13.0 Å². The van der Waals surface area contributed by atoms with Crippen molar-refractivity contribution in [2.45, 2.75) is 18.9 Å². The van der Waals surface area contributed by atoms with Gasteiger partial charge in [-0.05, 0) is 25.5 Å². The van der Waals surface area contributed by atoms with Gasteiger partial charge in [0.1, 0.15) is 6.07 Å². The van der Waals surface area contributed by atoms with Crippen LogP contribution >= 0.6 is 0 Å². The van der Waals surface area contributed by atoms with Crippen LogP contribution < -0.4 is 0 Å². The van der Waals surface area contributed by atoms with Gasteiger partial charge in [-0.2, -0.15) is 5.26 Å². The summed E-state index contributed by atoms with van der Waals surface area (Å²) in [5, 5.41) is 8.85. The summed E-state index contributed by atoms with van der Waals surface area (Å²) < 4.78 is 23.4. The molecule has 0 aromatic carbocycles. The maximum absolute atomic E-state index is 11.7. The molecule has 0 aliphatic carbocycles. The average molecular weight is 220 g/mol. The Balaban J connectivity index is 2.87. The number of hydrogen-bond donors (Lipinski definition) is 0. The van der Waals surface area contributed by atoms with Crippen LogP contribution in [-0.2, 0) is 9.84 Å². The van der Waals surface area contributed by atoms with Crippen LogP contribution in [0.25, 0.3) is 6.08 Å². The van der Waals surface area contributed by atoms with Crippen molar-refractivity contribution in [3.05, 3.63) is 27.8 Å². The first-order valence-corrected chi connectivity index (χ1v) is 5.80. The molecular weight excluding hydrogens is 212 g/mol. The molecular formula is C10H8N2O2S. The lowest BCUT2D eigenvalue weighted by molar-refractivity contribution is 0.599. The number of pyridine rings is 1. The van der Waals surface area contributed by atoms with Crippen molar-refractivity contribution in [2.24, 2.45) is 0 Å². The molecule has 0 saturated heterocycles. The van der Waals surface area contributed by atoms with Gasteiger partial charge in [-0.3, -0.25) is 0 Å². The molecule has 4 nitrogen and oxygen atoms in total. The highest BCUT2D eigenvalue weighted by Crippen LogP contribution is 2.33. The number of nitriles is 1. The van der Waals surface area contributed by atoms with E-state index in [1.165, 1.54) is 13.1 Å². The molecule has 0 unspecified atom stereocenters. The van der Waals surface area contributed by atoms with Crippen molar-refractivity contribution < 1.29 is 8.42 Å². The molecule has 1 aromatic heterocycles. The number of nitrogens with zero attached hydrogens (tertiary/aromatic N) is 2. The second kappa shape index (κ2) is 2.91. The monoisotopic (exact) mass is 220 g/mol. The van der Waals surface area contributed by atoms with E-state index in [1.807, 2.05) is 6.07 Å². The van der Waals surface area contributed by atoms with Gasteiger partial charge in [0.05, 0.1) is 5.56 Å². The molecule has 1 aliphatic rings. The van der Waals surface area contributed by atoms with Gasteiger partial charge in [0.15, 0.2) is 5.03 Å². The van der Waals surface area contributed by atoms with Gasteiger partial charge >= 0.3 is 0 Å². The van der Waals surface area contributed by atoms with Gasteiger partial charge in [-0.1, -0.05) is 0 Å². The zero-order valence-corrected chi connectivity index (χ0v) is 9.09. The standard InChI is InChI=1S/C10H8N2O2S/c1-6-3-9-7(2)8(4-11)5-12-10(9)15(6,13)14/h3,5H,1-2H3. The zero-order chi connectivity index (χ0) is 11.2. The van der Waals surface area contributed by atoms with Crippen molar-refractivity contribution in [3.63, 3.8) is 0 Å². The fraction of sp³-hybridized carbons (Fsp3) is 0.200. The molecule has 0 bridgehead atoms. The highest BCUT2D eigenvalue weighted by atomic mass is 32.2. The van der Waals surface area contributed by atoms with Gasteiger partial charge in [0, 0.05) is 16.7 Å². The van der Waals surface area contributed by atoms with Crippen LogP contribution in [0.4, 0.5) is 0 Å². The van der Waals surface area contributed by atoms with Crippen LogP contribution in [0, 0.1) is 18.3 Å². The van der Waals surface area contributed by atoms with Crippen LogP contribution in [0.5, 0.6) is 0 Å². The van der Waals surface area contributed by atoms with Crippen LogP contribution in [0.15, 0.2) is 16.1 Å². The minimum absolute atomic E-state index is 0.0662. The summed E-state index contributed by atoms with van der Waals surface area (Å²) >= 11 is 0. The molecule has 15 heavy (non-hydrogen) atoms. The van der Waals surface area contributed by atoms with E-state index >= 15 is 0 Å². The number of sulfone groups is 1. The quantitative estimate of drug-likeness (QED) is 0.662. The van der Waals surface area contributed by atoms with Crippen molar-refractivity contribution >= 4 is 15.9 Å². The van der Waals surface area contributed by atoms with Gasteiger partial charge in [-0.15, -0.1) is 0 Å². The molecule has 76 valence electrons. The maximum atomic E-state index is 11.7. The number of rotatable bonds is 0. The van der Waals surface area contributed by atoms with Gasteiger partial charge in [0.25, 0.3) is 0 Å². The first-order valence-electron chi connectivity index (χ1n) is 4.31. The summed E-state index contributed by atoms with van der Waals surface area (Å²) in [6.45, 7) is 3.26. The smallest absolute Gasteiger partial charge is 0.220 e. The van der Waals surface area contributed by atoms with Crippen LogP contribution in [0.3, 0.4) is 0 Å². The second-order valence-electron chi connectivity index (χ2n) is 3.39. The van der Waals surface area contributed by atoms with E-state index in [4.69, 9.17) is 5.26 Å². The van der Waals surface area contributed by atoms with Gasteiger partial charge in [0.2, 0.25) is 9.84 Å². The van der Waals surface area contributed by atoms with E-state index in [2.05, 4.69) is 4.98 Å². The first-order chi connectivity index (χ1) is 6.98. The molecule has 1 aromatic rings. The van der Waals surface area contributed by atoms with E-state index < -0.39 is 9.84 Å². The van der Waals surface area contributed by atoms with E-state index in [-0.39, 0.29) is 9.93 Å².